The number of amides is 1. The quantitative estimate of drug-likeness (QED) is 0.184. The Morgan fingerprint density at radius 1 is 1.11 bits per heavy atom. The summed E-state index contributed by atoms with van der Waals surface area (Å²) in [7, 11) is 0. The van der Waals surface area contributed by atoms with Gasteiger partial charge in [-0.05, 0) is 0 Å². The van der Waals surface area contributed by atoms with Crippen molar-refractivity contribution in [1.29, 1.82) is 0 Å². The molecule has 1 aliphatic rings. The Morgan fingerprint density at radius 2 is 1.83 bits per heavy atom. The van der Waals surface area contributed by atoms with E-state index >= 15 is 0 Å². The first kappa shape index (κ1) is 25.3. The standard InChI is InChI=1S/C22H26FN7O5/c1-14(31)33-9-10-35-29-17-5-7-30(8-6-17)21-26-11-16(12-27-21)18-4-2-3-15(19(18)23)13-34-22(32)28-20(24)25/h2-4,11-12H,5-10,13H2,1H3,(H4,24,25,28,32). The minimum Gasteiger partial charge on any atom is -0.462 e. The number of oxime groups is 1. The van der Waals surface area contributed by atoms with E-state index in [0.717, 1.165) is 5.71 Å². The van der Waals surface area contributed by atoms with Gasteiger partial charge in [0.15, 0.2) is 12.6 Å². The Balaban J connectivity index is 1.56. The lowest BCUT2D eigenvalue weighted by atomic mass is 10.1. The summed E-state index contributed by atoms with van der Waals surface area (Å²) < 4.78 is 24.6. The van der Waals surface area contributed by atoms with Crippen molar-refractivity contribution >= 4 is 29.7 Å². The van der Waals surface area contributed by atoms with Gasteiger partial charge in [0.1, 0.15) is 19.0 Å². The summed E-state index contributed by atoms with van der Waals surface area (Å²) in [5.41, 5.74) is 12.0. The zero-order valence-electron chi connectivity index (χ0n) is 19.1. The van der Waals surface area contributed by atoms with Crippen molar-refractivity contribution < 1.29 is 28.3 Å². The smallest absolute Gasteiger partial charge is 0.437 e. The van der Waals surface area contributed by atoms with E-state index < -0.39 is 17.9 Å². The van der Waals surface area contributed by atoms with Gasteiger partial charge >= 0.3 is 12.1 Å². The average molecular weight is 487 g/mol. The number of benzene rings is 1. The molecule has 0 saturated carbocycles. The Bertz CT molecular complexity index is 1090. The third-order valence-corrected chi connectivity index (χ3v) is 4.90. The van der Waals surface area contributed by atoms with Crippen LogP contribution in [-0.4, -0.2) is 60.0 Å². The van der Waals surface area contributed by atoms with Crippen LogP contribution in [-0.2, 0) is 25.7 Å². The van der Waals surface area contributed by atoms with Crippen LogP contribution in [0.4, 0.5) is 15.1 Å². The lowest BCUT2D eigenvalue weighted by Crippen LogP contribution is -2.35. The van der Waals surface area contributed by atoms with Gasteiger partial charge < -0.3 is 30.7 Å². The molecule has 0 aliphatic carbocycles. The molecule has 186 valence electrons. The summed E-state index contributed by atoms with van der Waals surface area (Å²) in [6, 6.07) is 4.71. The second-order valence-corrected chi connectivity index (χ2v) is 7.46. The van der Waals surface area contributed by atoms with Crippen LogP contribution < -0.4 is 16.4 Å². The molecule has 0 bridgehead atoms. The van der Waals surface area contributed by atoms with Gasteiger partial charge in [-0.3, -0.25) is 4.79 Å². The molecule has 0 atom stereocenters. The Labute approximate surface area is 200 Å². The molecule has 35 heavy (non-hydrogen) atoms. The van der Waals surface area contributed by atoms with Crippen molar-refractivity contribution in [2.75, 3.05) is 31.2 Å². The number of nitrogens with zero attached hydrogens (tertiary/aromatic N) is 5. The molecule has 1 saturated heterocycles. The Hall–Kier alpha value is -4.29. The molecule has 2 aromatic rings. The molecular weight excluding hydrogens is 461 g/mol. The molecule has 0 unspecified atom stereocenters. The molecule has 1 fully saturated rings. The summed E-state index contributed by atoms with van der Waals surface area (Å²) in [5, 5.41) is 4.09. The van der Waals surface area contributed by atoms with Gasteiger partial charge in [-0.25, -0.2) is 19.2 Å². The van der Waals surface area contributed by atoms with Crippen molar-refractivity contribution in [3.05, 3.63) is 42.0 Å². The molecule has 1 aromatic carbocycles. The highest BCUT2D eigenvalue weighted by atomic mass is 19.1. The van der Waals surface area contributed by atoms with Crippen LogP contribution >= 0.6 is 0 Å². The maximum absolute atomic E-state index is 15.0. The van der Waals surface area contributed by atoms with Crippen molar-refractivity contribution in [1.82, 2.24) is 9.97 Å². The maximum atomic E-state index is 15.0. The van der Waals surface area contributed by atoms with Gasteiger partial charge in [0.05, 0.1) is 5.71 Å². The number of hydrogen-bond donors (Lipinski definition) is 2. The van der Waals surface area contributed by atoms with Crippen molar-refractivity contribution in [3.8, 4) is 11.1 Å². The molecule has 1 amide bonds. The van der Waals surface area contributed by atoms with Gasteiger partial charge in [-0.1, -0.05) is 23.4 Å². The number of aromatic nitrogens is 2. The topological polar surface area (TPSA) is 168 Å². The van der Waals surface area contributed by atoms with Gasteiger partial charge in [0.2, 0.25) is 5.95 Å². The maximum Gasteiger partial charge on any atom is 0.437 e. The van der Waals surface area contributed by atoms with Crippen LogP contribution in [0.2, 0.25) is 0 Å². The highest BCUT2D eigenvalue weighted by Gasteiger charge is 2.19. The molecule has 12 nitrogen and oxygen atoms in total. The molecule has 0 radical (unpaired) electrons. The molecule has 4 N–H and O–H groups in total. The van der Waals surface area contributed by atoms with E-state index in [1.165, 1.54) is 25.4 Å². The SMILES string of the molecule is CC(=O)OCCON=C1CCN(c2ncc(-c3cccc(COC(=O)N=C(N)N)c3F)cn2)CC1. The summed E-state index contributed by atoms with van der Waals surface area (Å²) in [5.74, 6) is -0.843. The average Bonchev–Trinajstić information content (AvgIpc) is 2.83. The normalized spacial score (nSPS) is 13.1. The summed E-state index contributed by atoms with van der Waals surface area (Å²) in [6.07, 6.45) is 3.42. The largest absolute Gasteiger partial charge is 0.462 e. The molecule has 3 rings (SSSR count). The number of rotatable bonds is 8. The van der Waals surface area contributed by atoms with E-state index in [1.807, 2.05) is 4.90 Å². The minimum absolute atomic E-state index is 0.156. The van der Waals surface area contributed by atoms with E-state index in [1.54, 1.807) is 12.1 Å². The fourth-order valence-electron chi connectivity index (χ4n) is 3.23. The first-order chi connectivity index (χ1) is 16.8. The van der Waals surface area contributed by atoms with Crippen molar-refractivity contribution in [3.63, 3.8) is 0 Å². The van der Waals surface area contributed by atoms with E-state index in [-0.39, 0.29) is 36.9 Å². The van der Waals surface area contributed by atoms with Crippen LogP contribution in [0, 0.1) is 5.82 Å². The minimum atomic E-state index is -1.01. The summed E-state index contributed by atoms with van der Waals surface area (Å²) in [4.78, 5) is 41.3. The number of piperidine rings is 1. The molecule has 0 spiro atoms. The van der Waals surface area contributed by atoms with Crippen LogP contribution in [0.15, 0.2) is 40.7 Å². The highest BCUT2D eigenvalue weighted by molar-refractivity contribution is 5.88. The number of guanidine groups is 1. The van der Waals surface area contributed by atoms with E-state index in [9.17, 15) is 14.0 Å². The lowest BCUT2D eigenvalue weighted by Gasteiger charge is -2.27. The number of nitrogens with two attached hydrogens (primary N) is 2. The number of carbonyl (C=O) groups is 2. The number of esters is 1. The Kier molecular flexibility index (Phi) is 8.87. The van der Waals surface area contributed by atoms with Gasteiger partial charge in [0, 0.05) is 61.9 Å². The first-order valence-electron chi connectivity index (χ1n) is 10.8. The van der Waals surface area contributed by atoms with E-state index in [2.05, 4.69) is 20.1 Å². The second-order valence-electron chi connectivity index (χ2n) is 7.46. The predicted molar refractivity (Wildman–Crippen MR) is 125 cm³/mol. The molecule has 2 heterocycles. The zero-order valence-corrected chi connectivity index (χ0v) is 19.1. The zero-order chi connectivity index (χ0) is 25.2. The van der Waals surface area contributed by atoms with E-state index in [4.69, 9.17) is 25.8 Å². The fourth-order valence-corrected chi connectivity index (χ4v) is 3.23. The second kappa shape index (κ2) is 12.3. The summed E-state index contributed by atoms with van der Waals surface area (Å²) >= 11 is 0. The number of ether oxygens (including phenoxy) is 2. The van der Waals surface area contributed by atoms with Crippen LogP contribution in [0.5, 0.6) is 0 Å². The highest BCUT2D eigenvalue weighted by Crippen LogP contribution is 2.26. The fraction of sp³-hybridized carbons (Fsp3) is 0.364. The van der Waals surface area contributed by atoms with Gasteiger partial charge in [-0.2, -0.15) is 0 Å². The molecule has 1 aliphatic heterocycles. The number of aliphatic imine (C=N–C) groups is 1. The van der Waals surface area contributed by atoms with E-state index in [0.29, 0.717) is 37.4 Å². The summed E-state index contributed by atoms with van der Waals surface area (Å²) in [6.45, 7) is 2.66. The molecular formula is C22H26FN7O5. The number of hydrogen-bond acceptors (Lipinski definition) is 9. The molecule has 13 heteroatoms. The monoisotopic (exact) mass is 487 g/mol. The third kappa shape index (κ3) is 7.62. The van der Waals surface area contributed by atoms with Gasteiger partial charge in [0.25, 0.3) is 0 Å². The first-order valence-corrected chi connectivity index (χ1v) is 10.8. The van der Waals surface area contributed by atoms with Crippen LogP contribution in [0.25, 0.3) is 11.1 Å². The van der Waals surface area contributed by atoms with Crippen molar-refractivity contribution in [2.24, 2.45) is 21.6 Å². The van der Waals surface area contributed by atoms with Crippen LogP contribution in [0.1, 0.15) is 25.3 Å². The van der Waals surface area contributed by atoms with Crippen LogP contribution in [0.3, 0.4) is 0 Å². The number of carbonyl (C=O) groups excluding carboxylic acids is 2. The lowest BCUT2D eigenvalue weighted by molar-refractivity contribution is -0.142. The Morgan fingerprint density at radius 3 is 2.49 bits per heavy atom. The van der Waals surface area contributed by atoms with Crippen molar-refractivity contribution in [2.45, 2.75) is 26.4 Å². The predicted octanol–water partition coefficient (Wildman–Crippen LogP) is 1.73. The number of halogens is 1. The number of anilines is 1. The third-order valence-electron chi connectivity index (χ3n) is 4.90. The molecule has 1 aromatic heterocycles. The van der Waals surface area contributed by atoms with Gasteiger partial charge in [-0.15, -0.1) is 4.99 Å².